The number of hydrogen-bond donors (Lipinski definition) is 1. The van der Waals surface area contributed by atoms with Crippen LogP contribution in [0.4, 0.5) is 11.4 Å². The highest BCUT2D eigenvalue weighted by atomic mass is 32.2. The van der Waals surface area contributed by atoms with Crippen LogP contribution in [0.15, 0.2) is 53.4 Å². The van der Waals surface area contributed by atoms with Gasteiger partial charge >= 0.3 is 0 Å². The maximum absolute atomic E-state index is 12.5. The van der Waals surface area contributed by atoms with Crippen molar-refractivity contribution >= 4 is 21.4 Å². The normalized spacial score (nSPS) is 12.2. The Labute approximate surface area is 145 Å². The quantitative estimate of drug-likeness (QED) is 0.465. The molecule has 0 heterocycles. The van der Waals surface area contributed by atoms with Gasteiger partial charge in [0.1, 0.15) is 0 Å². The smallest absolute Gasteiger partial charge is 0.269 e. The molecule has 8 heteroatoms. The number of nitro benzene ring substituents is 1. The Kier molecular flexibility index (Phi) is 5.75. The summed E-state index contributed by atoms with van der Waals surface area (Å²) in [6, 6.07) is 11.4. The number of methoxy groups -OCH3 is 1. The monoisotopic (exact) mass is 360 g/mol. The van der Waals surface area contributed by atoms with Gasteiger partial charge in [-0.1, -0.05) is 18.2 Å². The lowest BCUT2D eigenvalue weighted by Crippen LogP contribution is -2.15. The molecule has 130 valence electrons. The second-order valence-corrected chi connectivity index (χ2v) is 6.76. The summed E-state index contributed by atoms with van der Waals surface area (Å²) >= 11 is 0. The number of para-hydroxylation sites is 1. The van der Waals surface area contributed by atoms with Gasteiger partial charge in [0.25, 0.3) is 15.7 Å². The Morgan fingerprint density at radius 1 is 1.24 bits per heavy atom. The molecule has 0 aliphatic rings. The first-order valence-electron chi connectivity index (χ1n) is 7.21. The third kappa shape index (κ3) is 4.35. The van der Waals surface area contributed by atoms with E-state index in [1.165, 1.54) is 19.2 Å². The first-order chi connectivity index (χ1) is 11.9. The molecular formula is C17H16N2O5S. The van der Waals surface area contributed by atoms with Crippen molar-refractivity contribution in [2.75, 3.05) is 11.8 Å². The van der Waals surface area contributed by atoms with Gasteiger partial charge in [0.2, 0.25) is 0 Å². The molecule has 1 unspecified atom stereocenters. The fourth-order valence-corrected chi connectivity index (χ4v) is 3.34. The molecule has 7 nitrogen and oxygen atoms in total. The van der Waals surface area contributed by atoms with E-state index in [4.69, 9.17) is 11.2 Å². The van der Waals surface area contributed by atoms with E-state index in [0.29, 0.717) is 11.3 Å². The Morgan fingerprint density at radius 3 is 2.44 bits per heavy atom. The Hall–Kier alpha value is -2.89. The molecule has 25 heavy (non-hydrogen) atoms. The average Bonchev–Trinajstić information content (AvgIpc) is 2.60. The highest BCUT2D eigenvalue weighted by molar-refractivity contribution is 7.92. The van der Waals surface area contributed by atoms with Gasteiger partial charge < -0.3 is 4.74 Å². The van der Waals surface area contributed by atoms with Crippen molar-refractivity contribution in [3.8, 4) is 12.3 Å². The zero-order valence-electron chi connectivity index (χ0n) is 13.4. The van der Waals surface area contributed by atoms with Gasteiger partial charge in [-0.3, -0.25) is 14.8 Å². The number of anilines is 1. The molecule has 0 saturated heterocycles. The van der Waals surface area contributed by atoms with Crippen LogP contribution in [-0.2, 0) is 14.8 Å². The van der Waals surface area contributed by atoms with Gasteiger partial charge in [0, 0.05) is 31.2 Å². The van der Waals surface area contributed by atoms with Gasteiger partial charge in [-0.05, 0) is 18.2 Å². The standard InChI is InChI=1S/C17H16N2O5S/c1-3-6-17(24-2)15-7-4-5-8-16(15)18-25(22,23)14-11-9-13(10-12-14)19(20)21/h1,4-5,7-12,17-18H,6H2,2H3. The molecule has 0 radical (unpaired) electrons. The van der Waals surface area contributed by atoms with Gasteiger partial charge in [-0.15, -0.1) is 12.3 Å². The molecule has 0 spiro atoms. The highest BCUT2D eigenvalue weighted by Crippen LogP contribution is 2.29. The van der Waals surface area contributed by atoms with Crippen molar-refractivity contribution in [1.82, 2.24) is 0 Å². The molecule has 0 saturated carbocycles. The summed E-state index contributed by atoms with van der Waals surface area (Å²) < 4.78 is 32.9. The van der Waals surface area contributed by atoms with Crippen LogP contribution in [0.3, 0.4) is 0 Å². The van der Waals surface area contributed by atoms with Gasteiger partial charge in [-0.25, -0.2) is 8.42 Å². The lowest BCUT2D eigenvalue weighted by atomic mass is 10.1. The molecule has 0 fully saturated rings. The number of benzene rings is 2. The minimum atomic E-state index is -3.91. The lowest BCUT2D eigenvalue weighted by molar-refractivity contribution is -0.384. The van der Waals surface area contributed by atoms with Crippen molar-refractivity contribution in [3.63, 3.8) is 0 Å². The summed E-state index contributed by atoms with van der Waals surface area (Å²) in [5.74, 6) is 2.49. The Morgan fingerprint density at radius 2 is 1.88 bits per heavy atom. The van der Waals surface area contributed by atoms with E-state index in [-0.39, 0.29) is 17.0 Å². The number of sulfonamides is 1. The average molecular weight is 360 g/mol. The van der Waals surface area contributed by atoms with E-state index in [2.05, 4.69) is 10.6 Å². The number of nitrogens with one attached hydrogen (secondary N) is 1. The SMILES string of the molecule is C#CCC(OC)c1ccccc1NS(=O)(=O)c1ccc([N+](=O)[O-])cc1. The fourth-order valence-electron chi connectivity index (χ4n) is 2.25. The van der Waals surface area contributed by atoms with E-state index in [1.807, 2.05) is 0 Å². The van der Waals surface area contributed by atoms with E-state index < -0.39 is 21.1 Å². The van der Waals surface area contributed by atoms with Crippen molar-refractivity contribution in [2.45, 2.75) is 17.4 Å². The number of rotatable bonds is 7. The molecule has 2 aromatic carbocycles. The zero-order valence-corrected chi connectivity index (χ0v) is 14.2. The molecule has 0 aliphatic carbocycles. The molecule has 1 atom stereocenters. The predicted octanol–water partition coefficient (Wildman–Crippen LogP) is 3.11. The van der Waals surface area contributed by atoms with Crippen molar-refractivity contribution in [2.24, 2.45) is 0 Å². The molecule has 0 bridgehead atoms. The van der Waals surface area contributed by atoms with Crippen LogP contribution >= 0.6 is 0 Å². The number of ether oxygens (including phenoxy) is 1. The maximum atomic E-state index is 12.5. The highest BCUT2D eigenvalue weighted by Gasteiger charge is 2.20. The van der Waals surface area contributed by atoms with E-state index in [1.54, 1.807) is 24.3 Å². The third-order valence-electron chi connectivity index (χ3n) is 3.50. The van der Waals surface area contributed by atoms with E-state index >= 15 is 0 Å². The Bertz CT molecular complexity index is 901. The molecule has 2 rings (SSSR count). The van der Waals surface area contributed by atoms with Crippen molar-refractivity contribution in [1.29, 1.82) is 0 Å². The molecule has 1 N–H and O–H groups in total. The second-order valence-electron chi connectivity index (χ2n) is 5.08. The number of hydrogen-bond acceptors (Lipinski definition) is 5. The van der Waals surface area contributed by atoms with Gasteiger partial charge in [0.05, 0.1) is 21.6 Å². The zero-order chi connectivity index (χ0) is 18.4. The summed E-state index contributed by atoms with van der Waals surface area (Å²) in [7, 11) is -2.43. The topological polar surface area (TPSA) is 98.5 Å². The van der Waals surface area contributed by atoms with Crippen LogP contribution in [0.2, 0.25) is 0 Å². The largest absolute Gasteiger partial charge is 0.376 e. The van der Waals surface area contributed by atoms with Crippen LogP contribution in [0.1, 0.15) is 18.1 Å². The van der Waals surface area contributed by atoms with Crippen LogP contribution < -0.4 is 4.72 Å². The molecule has 0 aromatic heterocycles. The summed E-state index contributed by atoms with van der Waals surface area (Å²) in [5.41, 5.74) is 0.754. The maximum Gasteiger partial charge on any atom is 0.269 e. The minimum absolute atomic E-state index is 0.0844. The number of non-ortho nitro benzene ring substituents is 1. The summed E-state index contributed by atoms with van der Waals surface area (Å²) in [5, 5.41) is 10.7. The summed E-state index contributed by atoms with van der Waals surface area (Å²) in [4.78, 5) is 10.00. The van der Waals surface area contributed by atoms with Gasteiger partial charge in [-0.2, -0.15) is 0 Å². The fraction of sp³-hybridized carbons (Fsp3) is 0.176. The number of nitro groups is 1. The lowest BCUT2D eigenvalue weighted by Gasteiger charge is -2.18. The third-order valence-corrected chi connectivity index (χ3v) is 4.88. The van der Waals surface area contributed by atoms with Gasteiger partial charge in [0.15, 0.2) is 0 Å². The van der Waals surface area contributed by atoms with Crippen LogP contribution in [-0.4, -0.2) is 20.5 Å². The first kappa shape index (κ1) is 18.4. The van der Waals surface area contributed by atoms with E-state index in [0.717, 1.165) is 12.1 Å². The van der Waals surface area contributed by atoms with E-state index in [9.17, 15) is 18.5 Å². The predicted molar refractivity (Wildman–Crippen MR) is 93.5 cm³/mol. The Balaban J connectivity index is 2.35. The van der Waals surface area contributed by atoms with Crippen LogP contribution in [0, 0.1) is 22.5 Å². The molecule has 0 amide bonds. The summed E-state index contributed by atoms with van der Waals surface area (Å²) in [6.45, 7) is 0. The molecular weight excluding hydrogens is 344 g/mol. The van der Waals surface area contributed by atoms with Crippen LogP contribution in [0.5, 0.6) is 0 Å². The summed E-state index contributed by atoms with van der Waals surface area (Å²) in [6.07, 6.45) is 5.15. The number of nitrogens with zero attached hydrogens (tertiary/aromatic N) is 1. The van der Waals surface area contributed by atoms with Crippen molar-refractivity contribution < 1.29 is 18.1 Å². The molecule has 0 aliphatic heterocycles. The van der Waals surface area contributed by atoms with Crippen LogP contribution in [0.25, 0.3) is 0 Å². The van der Waals surface area contributed by atoms with Crippen molar-refractivity contribution in [3.05, 3.63) is 64.2 Å². The minimum Gasteiger partial charge on any atom is -0.376 e. The molecule has 2 aromatic rings. The number of terminal acetylenes is 1. The second kappa shape index (κ2) is 7.79. The first-order valence-corrected chi connectivity index (χ1v) is 8.70.